The van der Waals surface area contributed by atoms with E-state index in [2.05, 4.69) is 51.0 Å². The number of esters is 1. The van der Waals surface area contributed by atoms with Crippen molar-refractivity contribution < 1.29 is 18.8 Å². The molecule has 0 aromatic heterocycles. The van der Waals surface area contributed by atoms with E-state index in [0.29, 0.717) is 6.61 Å². The van der Waals surface area contributed by atoms with Gasteiger partial charge in [-0.05, 0) is 18.1 Å². The van der Waals surface area contributed by atoms with E-state index in [9.17, 15) is 9.59 Å². The van der Waals surface area contributed by atoms with Crippen LogP contribution in [0.5, 0.6) is 0 Å². The molecule has 0 saturated carbocycles. The van der Waals surface area contributed by atoms with Gasteiger partial charge < -0.3 is 14.5 Å². The number of rotatable bonds is 3. The predicted octanol–water partition coefficient (Wildman–Crippen LogP) is 1.65. The van der Waals surface area contributed by atoms with Crippen LogP contribution in [-0.2, 0) is 18.8 Å². The van der Waals surface area contributed by atoms with E-state index >= 15 is 0 Å². The molecule has 1 heterocycles. The molecular weight excluding hydrogens is 274 g/mol. The Bertz CT molecular complexity index is 456. The van der Waals surface area contributed by atoms with Crippen molar-refractivity contribution >= 4 is 20.2 Å². The van der Waals surface area contributed by atoms with Gasteiger partial charge in [0.05, 0.1) is 6.61 Å². The summed E-state index contributed by atoms with van der Waals surface area (Å²) >= 11 is 0. The summed E-state index contributed by atoms with van der Waals surface area (Å²) in [7, 11) is -1.82. The number of hydrogen-bond donors (Lipinski definition) is 1. The molecule has 20 heavy (non-hydrogen) atoms. The van der Waals surface area contributed by atoms with Crippen molar-refractivity contribution in [3.8, 4) is 11.8 Å². The number of carbonyl (C=O) groups excluding carboxylic acids is 2. The molecule has 2 atom stereocenters. The second-order valence-corrected chi connectivity index (χ2v) is 11.2. The van der Waals surface area contributed by atoms with Crippen LogP contribution in [0.25, 0.3) is 0 Å². The van der Waals surface area contributed by atoms with E-state index in [1.165, 1.54) is 6.92 Å². The fourth-order valence-corrected chi connectivity index (χ4v) is 2.22. The Labute approximate surface area is 121 Å². The molecule has 0 aromatic carbocycles. The van der Waals surface area contributed by atoms with Crippen LogP contribution in [0.2, 0.25) is 18.1 Å². The van der Waals surface area contributed by atoms with Crippen molar-refractivity contribution in [1.82, 2.24) is 5.32 Å². The Kier molecular flexibility index (Phi) is 5.00. The van der Waals surface area contributed by atoms with E-state index in [1.54, 1.807) is 0 Å². The summed E-state index contributed by atoms with van der Waals surface area (Å²) in [4.78, 5) is 22.2. The van der Waals surface area contributed by atoms with E-state index < -0.39 is 26.4 Å². The quantitative estimate of drug-likeness (QED) is 0.372. The van der Waals surface area contributed by atoms with Gasteiger partial charge in [-0.1, -0.05) is 32.6 Å². The second-order valence-electron chi connectivity index (χ2n) is 6.39. The number of hydrogen-bond acceptors (Lipinski definition) is 4. The van der Waals surface area contributed by atoms with Crippen LogP contribution in [0.3, 0.4) is 0 Å². The van der Waals surface area contributed by atoms with Gasteiger partial charge in [0.2, 0.25) is 5.91 Å². The van der Waals surface area contributed by atoms with Gasteiger partial charge in [-0.2, -0.15) is 0 Å². The highest BCUT2D eigenvalue weighted by Crippen LogP contribution is 2.36. The Balaban J connectivity index is 2.50. The monoisotopic (exact) mass is 297 g/mol. The van der Waals surface area contributed by atoms with Gasteiger partial charge in [-0.3, -0.25) is 9.59 Å². The molecule has 1 amide bonds. The van der Waals surface area contributed by atoms with Crippen LogP contribution in [-0.4, -0.2) is 33.0 Å². The summed E-state index contributed by atoms with van der Waals surface area (Å²) in [5.41, 5.74) is 0. The minimum absolute atomic E-state index is 0.128. The zero-order valence-electron chi connectivity index (χ0n) is 13.0. The third-order valence-electron chi connectivity index (χ3n) is 3.73. The number of nitrogens with one attached hydrogen (secondary N) is 1. The fourth-order valence-electron chi connectivity index (χ4n) is 1.36. The summed E-state index contributed by atoms with van der Waals surface area (Å²) in [6, 6.07) is 0. The first-order chi connectivity index (χ1) is 9.04. The molecule has 0 bridgehead atoms. The van der Waals surface area contributed by atoms with Crippen LogP contribution >= 0.6 is 0 Å². The largest absolute Gasteiger partial charge is 0.440 e. The molecule has 6 heteroatoms. The summed E-state index contributed by atoms with van der Waals surface area (Å²) in [5.74, 6) is 4.44. The van der Waals surface area contributed by atoms with Gasteiger partial charge >= 0.3 is 5.97 Å². The lowest BCUT2D eigenvalue weighted by molar-refractivity contribution is -0.163. The molecule has 1 saturated heterocycles. The molecule has 1 N–H and O–H groups in total. The average molecular weight is 297 g/mol. The van der Waals surface area contributed by atoms with Crippen LogP contribution in [0.15, 0.2) is 0 Å². The first-order valence-electron chi connectivity index (χ1n) is 6.64. The Morgan fingerprint density at radius 3 is 2.45 bits per heavy atom. The van der Waals surface area contributed by atoms with E-state index in [1.807, 2.05) is 0 Å². The SMILES string of the molecule is CC(=O)O[C@@H]1NC(=O)[C@@H]1C#CCO[Si](C)(C)C(C)(C)C. The Morgan fingerprint density at radius 2 is 2.00 bits per heavy atom. The minimum Gasteiger partial charge on any atom is -0.440 e. The van der Waals surface area contributed by atoms with E-state index in [-0.39, 0.29) is 10.9 Å². The van der Waals surface area contributed by atoms with Crippen molar-refractivity contribution in [2.45, 2.75) is 52.1 Å². The maximum absolute atomic E-state index is 11.3. The first-order valence-corrected chi connectivity index (χ1v) is 9.55. The maximum Gasteiger partial charge on any atom is 0.304 e. The highest BCUT2D eigenvalue weighted by atomic mass is 28.4. The van der Waals surface area contributed by atoms with E-state index in [0.717, 1.165) is 0 Å². The zero-order chi connectivity index (χ0) is 15.6. The van der Waals surface area contributed by atoms with Gasteiger partial charge in [-0.15, -0.1) is 0 Å². The number of β-lactam (4-membered cyclic amide) rings is 1. The fraction of sp³-hybridized carbons (Fsp3) is 0.714. The molecule has 0 aromatic rings. The standard InChI is InChI=1S/C14H23NO4Si/c1-10(16)19-13-11(12(17)15-13)8-7-9-18-20(5,6)14(2,3)4/h11,13H,9H2,1-6H3,(H,15,17)/t11-,13-/m0/s1. The molecule has 5 nitrogen and oxygen atoms in total. The van der Waals surface area contributed by atoms with Gasteiger partial charge in [0.25, 0.3) is 0 Å². The smallest absolute Gasteiger partial charge is 0.304 e. The highest BCUT2D eigenvalue weighted by molar-refractivity contribution is 6.74. The lowest BCUT2D eigenvalue weighted by Crippen LogP contribution is -2.59. The van der Waals surface area contributed by atoms with Crippen molar-refractivity contribution in [2.75, 3.05) is 6.61 Å². The molecule has 0 aliphatic carbocycles. The normalized spacial score (nSPS) is 22.2. The Hall–Kier alpha value is -1.32. The second kappa shape index (κ2) is 5.98. The summed E-state index contributed by atoms with van der Waals surface area (Å²) in [5, 5.41) is 2.62. The topological polar surface area (TPSA) is 64.6 Å². The predicted molar refractivity (Wildman–Crippen MR) is 78.1 cm³/mol. The van der Waals surface area contributed by atoms with Crippen molar-refractivity contribution in [3.05, 3.63) is 0 Å². The highest BCUT2D eigenvalue weighted by Gasteiger charge is 2.41. The lowest BCUT2D eigenvalue weighted by Gasteiger charge is -2.35. The zero-order valence-corrected chi connectivity index (χ0v) is 14.0. The van der Waals surface area contributed by atoms with Gasteiger partial charge in [0.15, 0.2) is 20.5 Å². The summed E-state index contributed by atoms with van der Waals surface area (Å²) in [6.07, 6.45) is -0.625. The molecule has 1 rings (SSSR count). The number of ether oxygens (including phenoxy) is 1. The molecule has 112 valence electrons. The average Bonchev–Trinajstić information content (AvgIpc) is 2.25. The number of amides is 1. The van der Waals surface area contributed by atoms with E-state index in [4.69, 9.17) is 9.16 Å². The van der Waals surface area contributed by atoms with Gasteiger partial charge in [-0.25, -0.2) is 0 Å². The van der Waals surface area contributed by atoms with Crippen molar-refractivity contribution in [1.29, 1.82) is 0 Å². The van der Waals surface area contributed by atoms with Crippen LogP contribution in [0.4, 0.5) is 0 Å². The van der Waals surface area contributed by atoms with Crippen molar-refractivity contribution in [2.24, 2.45) is 5.92 Å². The van der Waals surface area contributed by atoms with Gasteiger partial charge in [0.1, 0.15) is 0 Å². The molecule has 1 aliphatic heterocycles. The number of carbonyl (C=O) groups is 2. The molecule has 0 unspecified atom stereocenters. The molecule has 0 spiro atoms. The lowest BCUT2D eigenvalue weighted by atomic mass is 10.00. The summed E-state index contributed by atoms with van der Waals surface area (Å²) < 4.78 is 10.8. The van der Waals surface area contributed by atoms with Crippen LogP contribution in [0, 0.1) is 17.8 Å². The summed E-state index contributed by atoms with van der Waals surface area (Å²) in [6.45, 7) is 12.4. The molecule has 1 aliphatic rings. The molecule has 0 radical (unpaired) electrons. The third kappa shape index (κ3) is 4.08. The van der Waals surface area contributed by atoms with Crippen LogP contribution < -0.4 is 5.32 Å². The third-order valence-corrected chi connectivity index (χ3v) is 8.21. The molecule has 1 fully saturated rings. The van der Waals surface area contributed by atoms with Gasteiger partial charge in [0, 0.05) is 6.92 Å². The van der Waals surface area contributed by atoms with Crippen molar-refractivity contribution in [3.63, 3.8) is 0 Å². The molecular formula is C14H23NO4Si. The first kappa shape index (κ1) is 16.7. The van der Waals surface area contributed by atoms with Crippen LogP contribution in [0.1, 0.15) is 27.7 Å². The maximum atomic E-state index is 11.3. The minimum atomic E-state index is -1.82. The Morgan fingerprint density at radius 1 is 1.40 bits per heavy atom.